The zero-order valence-corrected chi connectivity index (χ0v) is 19.3. The number of ketones is 1. The largest absolute Gasteiger partial charge is 0.497 e. The molecule has 172 valence electrons. The summed E-state index contributed by atoms with van der Waals surface area (Å²) in [6.07, 6.45) is 1.66. The van der Waals surface area contributed by atoms with Crippen molar-refractivity contribution in [2.24, 2.45) is 7.05 Å². The van der Waals surface area contributed by atoms with Crippen LogP contribution in [0.1, 0.15) is 55.3 Å². The van der Waals surface area contributed by atoms with E-state index in [0.29, 0.717) is 47.0 Å². The molecule has 0 bridgehead atoms. The molecule has 8 nitrogen and oxygen atoms in total. The molecule has 32 heavy (non-hydrogen) atoms. The lowest BCUT2D eigenvalue weighted by Gasteiger charge is -2.25. The maximum absolute atomic E-state index is 13.4. The van der Waals surface area contributed by atoms with Crippen LogP contribution < -0.4 is 4.74 Å². The second-order valence-electron chi connectivity index (χ2n) is 7.96. The van der Waals surface area contributed by atoms with Crippen LogP contribution in [0.3, 0.4) is 0 Å². The number of ether oxygens (including phenoxy) is 3. The molecule has 1 aliphatic rings. The summed E-state index contributed by atoms with van der Waals surface area (Å²) in [4.78, 5) is 40.5. The Morgan fingerprint density at radius 3 is 2.59 bits per heavy atom. The number of hydrogen-bond donors (Lipinski definition) is 0. The maximum Gasteiger partial charge on any atom is 0.354 e. The van der Waals surface area contributed by atoms with E-state index in [1.54, 1.807) is 49.7 Å². The van der Waals surface area contributed by atoms with Crippen LogP contribution >= 0.6 is 0 Å². The van der Waals surface area contributed by atoms with Crippen LogP contribution in [0.5, 0.6) is 5.75 Å². The predicted molar refractivity (Wildman–Crippen MR) is 118 cm³/mol. The highest BCUT2D eigenvalue weighted by Gasteiger charge is 2.30. The molecule has 1 aromatic carbocycles. The summed E-state index contributed by atoms with van der Waals surface area (Å²) in [5.41, 5.74) is 2.40. The number of carbonyl (C=O) groups excluding carboxylic acids is 3. The highest BCUT2D eigenvalue weighted by molar-refractivity contribution is 6.06. The zero-order valence-electron chi connectivity index (χ0n) is 19.3. The van der Waals surface area contributed by atoms with Crippen LogP contribution in [-0.4, -0.2) is 67.1 Å². The number of methoxy groups -OCH3 is 2. The van der Waals surface area contributed by atoms with Crippen molar-refractivity contribution in [3.8, 4) is 5.75 Å². The normalized spacial score (nSPS) is 15.5. The van der Waals surface area contributed by atoms with Gasteiger partial charge in [-0.05, 0) is 50.5 Å². The predicted octanol–water partition coefficient (Wildman–Crippen LogP) is 2.94. The molecule has 8 heteroatoms. The number of rotatable bonds is 8. The fraction of sp³-hybridized carbons (Fsp3) is 0.458. The minimum atomic E-state index is -0.504. The van der Waals surface area contributed by atoms with E-state index in [0.717, 1.165) is 12.8 Å². The summed E-state index contributed by atoms with van der Waals surface area (Å²) in [5.74, 6) is -0.445. The maximum atomic E-state index is 13.4. The Hall–Kier alpha value is -3.13. The van der Waals surface area contributed by atoms with Gasteiger partial charge in [-0.15, -0.1) is 0 Å². The van der Waals surface area contributed by atoms with Gasteiger partial charge in [0.2, 0.25) is 0 Å². The number of amides is 1. The third-order valence-electron chi connectivity index (χ3n) is 5.97. The van der Waals surface area contributed by atoms with Crippen molar-refractivity contribution in [1.29, 1.82) is 0 Å². The Labute approximate surface area is 188 Å². The van der Waals surface area contributed by atoms with Gasteiger partial charge in [-0.1, -0.05) is 6.07 Å². The highest BCUT2D eigenvalue weighted by atomic mass is 16.5. The second-order valence-corrected chi connectivity index (χ2v) is 7.96. The number of benzene rings is 1. The lowest BCUT2D eigenvalue weighted by atomic mass is 10.0. The molecule has 1 saturated heterocycles. The standard InChI is InChI=1S/C24H30N2O6/c1-15-21(16(2)25(3)22(15)24(29)31-5)20(27)14-26(13-19-10-7-11-32-19)23(28)17-8-6-9-18(12-17)30-4/h6,8-9,12,19H,7,10-11,13-14H2,1-5H3. The van der Waals surface area contributed by atoms with E-state index in [4.69, 9.17) is 14.2 Å². The number of carbonyl (C=O) groups is 3. The molecule has 1 atom stereocenters. The van der Waals surface area contributed by atoms with Gasteiger partial charge in [0.1, 0.15) is 11.4 Å². The van der Waals surface area contributed by atoms with Crippen LogP contribution in [-0.2, 0) is 16.5 Å². The minimum absolute atomic E-state index is 0.110. The summed E-state index contributed by atoms with van der Waals surface area (Å²) in [7, 11) is 4.57. The van der Waals surface area contributed by atoms with Crippen molar-refractivity contribution in [3.63, 3.8) is 0 Å². The molecule has 0 radical (unpaired) electrons. The first-order valence-corrected chi connectivity index (χ1v) is 10.6. The molecule has 2 heterocycles. The number of Topliss-reactive ketones (excluding diaryl/α,β-unsaturated/α-hetero) is 1. The highest BCUT2D eigenvalue weighted by Crippen LogP contribution is 2.24. The molecular formula is C24H30N2O6. The first-order valence-electron chi connectivity index (χ1n) is 10.6. The molecule has 1 aromatic heterocycles. The Morgan fingerprint density at radius 2 is 1.97 bits per heavy atom. The molecule has 0 spiro atoms. The SMILES string of the molecule is COC(=O)c1c(C)c(C(=O)CN(CC2CCCO2)C(=O)c2cccc(OC)c2)c(C)n1C. The molecule has 0 N–H and O–H groups in total. The van der Waals surface area contributed by atoms with E-state index < -0.39 is 5.97 Å². The van der Waals surface area contributed by atoms with Crippen LogP contribution in [0, 0.1) is 13.8 Å². The molecule has 0 saturated carbocycles. The van der Waals surface area contributed by atoms with Gasteiger partial charge in [-0.2, -0.15) is 0 Å². The van der Waals surface area contributed by atoms with Gasteiger partial charge in [0.05, 0.1) is 26.9 Å². The van der Waals surface area contributed by atoms with E-state index in [1.165, 1.54) is 19.1 Å². The van der Waals surface area contributed by atoms with Gasteiger partial charge in [0, 0.05) is 37.0 Å². The Bertz CT molecular complexity index is 1020. The molecular weight excluding hydrogens is 412 g/mol. The van der Waals surface area contributed by atoms with Gasteiger partial charge in [-0.3, -0.25) is 9.59 Å². The molecule has 2 aromatic rings. The average molecular weight is 443 g/mol. The number of esters is 1. The molecule has 1 unspecified atom stereocenters. The van der Waals surface area contributed by atoms with Crippen LogP contribution in [0.2, 0.25) is 0 Å². The molecule has 1 aliphatic heterocycles. The quantitative estimate of drug-likeness (QED) is 0.462. The van der Waals surface area contributed by atoms with Crippen molar-refractivity contribution in [1.82, 2.24) is 9.47 Å². The van der Waals surface area contributed by atoms with E-state index in [2.05, 4.69) is 0 Å². The third-order valence-corrected chi connectivity index (χ3v) is 5.97. The summed E-state index contributed by atoms with van der Waals surface area (Å²) < 4.78 is 17.5. The molecule has 0 aliphatic carbocycles. The average Bonchev–Trinajstić information content (AvgIpc) is 3.38. The Kier molecular flexibility index (Phi) is 7.35. The smallest absolute Gasteiger partial charge is 0.354 e. The fourth-order valence-electron chi connectivity index (χ4n) is 4.22. The van der Waals surface area contributed by atoms with Crippen molar-refractivity contribution in [2.75, 3.05) is 33.9 Å². The molecule has 1 fully saturated rings. The van der Waals surface area contributed by atoms with Gasteiger partial charge >= 0.3 is 5.97 Å². The number of hydrogen-bond acceptors (Lipinski definition) is 6. The van der Waals surface area contributed by atoms with Crippen molar-refractivity contribution in [2.45, 2.75) is 32.8 Å². The Balaban J connectivity index is 1.92. The van der Waals surface area contributed by atoms with Crippen LogP contribution in [0.4, 0.5) is 0 Å². The van der Waals surface area contributed by atoms with Crippen molar-refractivity contribution < 1.29 is 28.6 Å². The van der Waals surface area contributed by atoms with Crippen LogP contribution in [0.25, 0.3) is 0 Å². The molecule has 1 amide bonds. The van der Waals surface area contributed by atoms with Crippen molar-refractivity contribution >= 4 is 17.7 Å². The summed E-state index contributed by atoms with van der Waals surface area (Å²) in [5, 5.41) is 0. The second kappa shape index (κ2) is 9.99. The van der Waals surface area contributed by atoms with E-state index in [-0.39, 0.29) is 24.3 Å². The van der Waals surface area contributed by atoms with Gasteiger partial charge in [-0.25, -0.2) is 4.79 Å². The van der Waals surface area contributed by atoms with Gasteiger partial charge < -0.3 is 23.7 Å². The first-order chi connectivity index (χ1) is 15.3. The van der Waals surface area contributed by atoms with Crippen molar-refractivity contribution in [3.05, 3.63) is 52.3 Å². The topological polar surface area (TPSA) is 87.1 Å². The molecule has 3 rings (SSSR count). The number of nitrogens with zero attached hydrogens (tertiary/aromatic N) is 2. The Morgan fingerprint density at radius 1 is 1.22 bits per heavy atom. The van der Waals surface area contributed by atoms with Crippen LogP contribution in [0.15, 0.2) is 24.3 Å². The summed E-state index contributed by atoms with van der Waals surface area (Å²) >= 11 is 0. The fourth-order valence-corrected chi connectivity index (χ4v) is 4.22. The van der Waals surface area contributed by atoms with Gasteiger partial charge in [0.15, 0.2) is 5.78 Å². The van der Waals surface area contributed by atoms with Gasteiger partial charge in [0.25, 0.3) is 5.91 Å². The summed E-state index contributed by atoms with van der Waals surface area (Å²) in [6, 6.07) is 6.86. The van der Waals surface area contributed by atoms with E-state index in [1.807, 2.05) is 0 Å². The summed E-state index contributed by atoms with van der Waals surface area (Å²) in [6.45, 7) is 4.35. The lowest BCUT2D eigenvalue weighted by molar-refractivity contribution is 0.0506. The lowest BCUT2D eigenvalue weighted by Crippen LogP contribution is -2.41. The third kappa shape index (κ3) is 4.70. The monoisotopic (exact) mass is 442 g/mol. The minimum Gasteiger partial charge on any atom is -0.497 e. The number of aromatic nitrogens is 1. The van der Waals surface area contributed by atoms with E-state index in [9.17, 15) is 14.4 Å². The zero-order chi connectivity index (χ0) is 23.4. The first kappa shape index (κ1) is 23.5. The van der Waals surface area contributed by atoms with E-state index >= 15 is 0 Å².